The van der Waals surface area contributed by atoms with E-state index in [4.69, 9.17) is 24.9 Å². The average Bonchev–Trinajstić information content (AvgIpc) is 3.68. The first-order valence-corrected chi connectivity index (χ1v) is 18.3. The quantitative estimate of drug-likeness (QED) is 0.162. The van der Waals surface area contributed by atoms with E-state index in [-0.39, 0.29) is 0 Å². The molecule has 10 rings (SSSR count). The second kappa shape index (κ2) is 13.0. The summed E-state index contributed by atoms with van der Waals surface area (Å²) in [5.41, 5.74) is 10.2. The largest absolute Gasteiger partial charge is 0.256 e. The molecule has 5 nitrogen and oxygen atoms in total. The third kappa shape index (κ3) is 5.72. The maximum Gasteiger partial charge on any atom is 0.164 e. The molecule has 0 amide bonds. The zero-order chi connectivity index (χ0) is 35.1. The van der Waals surface area contributed by atoms with E-state index in [2.05, 4.69) is 97.1 Å². The van der Waals surface area contributed by atoms with Gasteiger partial charge in [-0.15, -0.1) is 11.3 Å². The van der Waals surface area contributed by atoms with Crippen LogP contribution in [-0.2, 0) is 0 Å². The fraction of sp³-hybridized carbons (Fsp3) is 0. The third-order valence-corrected chi connectivity index (χ3v) is 10.7. The molecule has 3 aromatic heterocycles. The van der Waals surface area contributed by atoms with Crippen LogP contribution in [0.3, 0.4) is 0 Å². The van der Waals surface area contributed by atoms with E-state index in [1.807, 2.05) is 79.0 Å². The molecule has 0 spiro atoms. The van der Waals surface area contributed by atoms with Crippen LogP contribution in [0.4, 0.5) is 0 Å². The topological polar surface area (TPSA) is 64.5 Å². The number of benzene rings is 7. The molecule has 0 unspecified atom stereocenters. The van der Waals surface area contributed by atoms with Gasteiger partial charge in [-0.05, 0) is 58.0 Å². The molecule has 0 saturated carbocycles. The van der Waals surface area contributed by atoms with E-state index in [0.717, 1.165) is 81.4 Å². The SMILES string of the molecule is c1ccc(-c2nc(-c3ccccc3)nc(-c3ccc(-c4ccc5nc(-c6ccccc6)sc5c4)c(-c4cc5ccccc5c5ncccc45)c3)n2)cc1. The molecule has 248 valence electrons. The molecule has 6 heteroatoms. The predicted octanol–water partition coefficient (Wildman–Crippen LogP) is 12.2. The molecule has 0 fully saturated rings. The van der Waals surface area contributed by atoms with Gasteiger partial charge >= 0.3 is 0 Å². The average molecular weight is 696 g/mol. The van der Waals surface area contributed by atoms with Gasteiger partial charge in [0, 0.05) is 39.2 Å². The molecule has 0 aliphatic carbocycles. The van der Waals surface area contributed by atoms with Crippen LogP contribution in [0.15, 0.2) is 176 Å². The highest BCUT2D eigenvalue weighted by Gasteiger charge is 2.19. The Bertz CT molecular complexity index is 2880. The van der Waals surface area contributed by atoms with Gasteiger partial charge in [-0.3, -0.25) is 4.98 Å². The van der Waals surface area contributed by atoms with E-state index in [1.54, 1.807) is 11.3 Å². The summed E-state index contributed by atoms with van der Waals surface area (Å²) in [6, 6.07) is 58.7. The highest BCUT2D eigenvalue weighted by Crippen LogP contribution is 2.42. The first kappa shape index (κ1) is 30.9. The summed E-state index contributed by atoms with van der Waals surface area (Å²) in [4.78, 5) is 25.0. The van der Waals surface area contributed by atoms with Crippen LogP contribution in [0.1, 0.15) is 0 Å². The van der Waals surface area contributed by atoms with Crippen molar-refractivity contribution >= 4 is 43.2 Å². The van der Waals surface area contributed by atoms with Crippen molar-refractivity contribution < 1.29 is 0 Å². The van der Waals surface area contributed by atoms with Crippen molar-refractivity contribution in [3.8, 4) is 67.0 Å². The zero-order valence-corrected chi connectivity index (χ0v) is 29.2. The Morgan fingerprint density at radius 1 is 0.377 bits per heavy atom. The highest BCUT2D eigenvalue weighted by atomic mass is 32.1. The third-order valence-electron chi connectivity index (χ3n) is 9.60. The van der Waals surface area contributed by atoms with Gasteiger partial charge in [-0.1, -0.05) is 140 Å². The number of pyridine rings is 1. The number of fused-ring (bicyclic) bond motifs is 4. The van der Waals surface area contributed by atoms with E-state index < -0.39 is 0 Å². The summed E-state index contributed by atoms with van der Waals surface area (Å²) in [6.07, 6.45) is 1.87. The van der Waals surface area contributed by atoms with Crippen LogP contribution >= 0.6 is 11.3 Å². The lowest BCUT2D eigenvalue weighted by Gasteiger charge is -2.16. The number of hydrogen-bond acceptors (Lipinski definition) is 6. The Hall–Kier alpha value is -6.89. The Labute approximate surface area is 310 Å². The molecule has 0 N–H and O–H groups in total. The van der Waals surface area contributed by atoms with Gasteiger partial charge in [-0.25, -0.2) is 19.9 Å². The number of thiazole rings is 1. The van der Waals surface area contributed by atoms with Crippen LogP contribution in [0, 0.1) is 0 Å². The van der Waals surface area contributed by atoms with Gasteiger partial charge < -0.3 is 0 Å². The molecular formula is C47H29N5S. The van der Waals surface area contributed by atoms with Gasteiger partial charge in [0.25, 0.3) is 0 Å². The normalized spacial score (nSPS) is 11.4. The minimum absolute atomic E-state index is 0.610. The molecule has 0 saturated heterocycles. The number of aromatic nitrogens is 5. The summed E-state index contributed by atoms with van der Waals surface area (Å²) in [5.74, 6) is 1.87. The fourth-order valence-corrected chi connectivity index (χ4v) is 8.03. The van der Waals surface area contributed by atoms with Crippen molar-refractivity contribution in [2.24, 2.45) is 0 Å². The Balaban J connectivity index is 1.21. The predicted molar refractivity (Wildman–Crippen MR) is 218 cm³/mol. The number of nitrogens with zero attached hydrogens (tertiary/aromatic N) is 5. The summed E-state index contributed by atoms with van der Waals surface area (Å²) in [5, 5.41) is 4.36. The van der Waals surface area contributed by atoms with Gasteiger partial charge in [-0.2, -0.15) is 0 Å². The molecule has 0 bridgehead atoms. The summed E-state index contributed by atoms with van der Waals surface area (Å²) in [6.45, 7) is 0. The monoisotopic (exact) mass is 695 g/mol. The molecular weight excluding hydrogens is 667 g/mol. The van der Waals surface area contributed by atoms with E-state index in [0.29, 0.717) is 17.5 Å². The van der Waals surface area contributed by atoms with Crippen molar-refractivity contribution in [1.82, 2.24) is 24.9 Å². The molecule has 3 heterocycles. The molecule has 7 aromatic carbocycles. The van der Waals surface area contributed by atoms with Crippen LogP contribution in [-0.4, -0.2) is 24.9 Å². The van der Waals surface area contributed by atoms with Crippen molar-refractivity contribution in [2.75, 3.05) is 0 Å². The van der Waals surface area contributed by atoms with Gasteiger partial charge in [0.2, 0.25) is 0 Å². The zero-order valence-electron chi connectivity index (χ0n) is 28.4. The molecule has 10 aromatic rings. The molecule has 0 radical (unpaired) electrons. The fourth-order valence-electron chi connectivity index (χ4n) is 7.02. The van der Waals surface area contributed by atoms with E-state index in [1.165, 1.54) is 0 Å². The smallest absolute Gasteiger partial charge is 0.164 e. The van der Waals surface area contributed by atoms with Gasteiger partial charge in [0.15, 0.2) is 17.5 Å². The summed E-state index contributed by atoms with van der Waals surface area (Å²) < 4.78 is 1.14. The Kier molecular flexibility index (Phi) is 7.59. The standard InChI is InChI=1S/C47H29N5S/c1-4-13-30(14-5-1)44-50-45(31-15-6-2-7-16-31)52-46(51-44)35-22-24-36(34-23-25-41-42(29-34)53-47(49-41)32-17-8-3-9-18-32)39(28-35)40-27-33-19-10-11-20-37(33)43-38(40)21-12-26-48-43/h1-29H. The highest BCUT2D eigenvalue weighted by molar-refractivity contribution is 7.21. The second-order valence-corrected chi connectivity index (χ2v) is 13.9. The summed E-state index contributed by atoms with van der Waals surface area (Å²) >= 11 is 1.72. The first-order chi connectivity index (χ1) is 26.2. The summed E-state index contributed by atoms with van der Waals surface area (Å²) in [7, 11) is 0. The van der Waals surface area contributed by atoms with Crippen molar-refractivity contribution in [2.45, 2.75) is 0 Å². The van der Waals surface area contributed by atoms with Crippen molar-refractivity contribution in [3.63, 3.8) is 0 Å². The lowest BCUT2D eigenvalue weighted by atomic mass is 9.89. The number of hydrogen-bond donors (Lipinski definition) is 0. The minimum atomic E-state index is 0.610. The maximum absolute atomic E-state index is 5.08. The van der Waals surface area contributed by atoms with Crippen LogP contribution in [0.5, 0.6) is 0 Å². The molecule has 53 heavy (non-hydrogen) atoms. The lowest BCUT2D eigenvalue weighted by molar-refractivity contribution is 1.07. The van der Waals surface area contributed by atoms with Gasteiger partial charge in [0.05, 0.1) is 15.7 Å². The van der Waals surface area contributed by atoms with Crippen LogP contribution in [0.25, 0.3) is 98.9 Å². The van der Waals surface area contributed by atoms with Crippen LogP contribution in [0.2, 0.25) is 0 Å². The molecule has 0 aliphatic rings. The maximum atomic E-state index is 5.08. The van der Waals surface area contributed by atoms with E-state index >= 15 is 0 Å². The lowest BCUT2D eigenvalue weighted by Crippen LogP contribution is -2.00. The Morgan fingerprint density at radius 3 is 1.70 bits per heavy atom. The van der Waals surface area contributed by atoms with E-state index in [9.17, 15) is 0 Å². The first-order valence-electron chi connectivity index (χ1n) is 17.5. The number of rotatable bonds is 6. The van der Waals surface area contributed by atoms with Gasteiger partial charge in [0.1, 0.15) is 5.01 Å². The van der Waals surface area contributed by atoms with Crippen LogP contribution < -0.4 is 0 Å². The van der Waals surface area contributed by atoms with Crippen molar-refractivity contribution in [3.05, 3.63) is 176 Å². The Morgan fingerprint density at radius 2 is 0.981 bits per heavy atom. The minimum Gasteiger partial charge on any atom is -0.256 e. The van der Waals surface area contributed by atoms with Crippen molar-refractivity contribution in [1.29, 1.82) is 0 Å². The second-order valence-electron chi connectivity index (χ2n) is 12.9. The molecule has 0 aliphatic heterocycles. The molecule has 0 atom stereocenters.